The van der Waals surface area contributed by atoms with Gasteiger partial charge in [-0.05, 0) is 69.2 Å². The number of carbonyl (C=O) groups is 3. The molecule has 2 aromatic heterocycles. The van der Waals surface area contributed by atoms with E-state index >= 15 is 0 Å². The van der Waals surface area contributed by atoms with Crippen molar-refractivity contribution >= 4 is 29.1 Å². The second kappa shape index (κ2) is 13.6. The Balaban J connectivity index is 1.39. The molecule has 0 atom stereocenters. The van der Waals surface area contributed by atoms with Crippen LogP contribution in [0.3, 0.4) is 0 Å². The molecule has 0 unspecified atom stereocenters. The van der Waals surface area contributed by atoms with Crippen LogP contribution in [0.25, 0.3) is 0 Å². The van der Waals surface area contributed by atoms with E-state index in [1.165, 1.54) is 0 Å². The van der Waals surface area contributed by atoms with Gasteiger partial charge in [0.15, 0.2) is 0 Å². The summed E-state index contributed by atoms with van der Waals surface area (Å²) in [6.07, 6.45) is 7.55. The zero-order chi connectivity index (χ0) is 30.3. The predicted molar refractivity (Wildman–Crippen MR) is 162 cm³/mol. The minimum atomic E-state index is -1.15. The van der Waals surface area contributed by atoms with Gasteiger partial charge in [-0.3, -0.25) is 29.3 Å². The fourth-order valence-corrected chi connectivity index (χ4v) is 5.07. The van der Waals surface area contributed by atoms with E-state index in [9.17, 15) is 14.4 Å². The maximum Gasteiger partial charge on any atom is 0.255 e. The van der Waals surface area contributed by atoms with Crippen LogP contribution in [0, 0.1) is 5.41 Å². The van der Waals surface area contributed by atoms with Gasteiger partial charge in [0.05, 0.1) is 23.5 Å². The number of likely N-dealkylation sites (N-methyl/N-ethyl adjacent to an activating group) is 1. The van der Waals surface area contributed by atoms with Crippen LogP contribution in [-0.4, -0.2) is 84.4 Å². The number of aromatic nitrogens is 2. The highest BCUT2D eigenvalue weighted by atomic mass is 16.5. The Hall–Kier alpha value is -4.31. The molecule has 3 heterocycles. The van der Waals surface area contributed by atoms with E-state index in [-0.39, 0.29) is 17.7 Å². The third-order valence-corrected chi connectivity index (χ3v) is 7.58. The molecule has 10 nitrogen and oxygen atoms in total. The van der Waals surface area contributed by atoms with E-state index in [0.29, 0.717) is 48.9 Å². The number of anilines is 2. The van der Waals surface area contributed by atoms with Crippen LogP contribution in [0.1, 0.15) is 43.1 Å². The minimum absolute atomic E-state index is 0.0614. The van der Waals surface area contributed by atoms with Crippen LogP contribution < -0.4 is 14.5 Å². The van der Waals surface area contributed by atoms with Crippen LogP contribution in [0.5, 0.6) is 5.75 Å². The molecule has 0 saturated heterocycles. The van der Waals surface area contributed by atoms with E-state index < -0.39 is 5.41 Å². The van der Waals surface area contributed by atoms with Crippen molar-refractivity contribution in [3.8, 4) is 5.75 Å². The molecule has 42 heavy (non-hydrogen) atoms. The monoisotopic (exact) mass is 572 g/mol. The first-order valence-electron chi connectivity index (χ1n) is 14.3. The summed E-state index contributed by atoms with van der Waals surface area (Å²) >= 11 is 0. The number of ether oxygens (including phenoxy) is 1. The summed E-state index contributed by atoms with van der Waals surface area (Å²) in [5, 5.41) is 0. The average molecular weight is 573 g/mol. The number of nitrogens with zero attached hydrogens (tertiary/aromatic N) is 6. The largest absolute Gasteiger partial charge is 0.493 e. The molecule has 0 N–H and O–H groups in total. The third kappa shape index (κ3) is 6.94. The van der Waals surface area contributed by atoms with Crippen molar-refractivity contribution < 1.29 is 19.1 Å². The highest BCUT2D eigenvalue weighted by molar-refractivity contribution is 6.20. The Morgan fingerprint density at radius 3 is 2.40 bits per heavy atom. The molecule has 222 valence electrons. The van der Waals surface area contributed by atoms with Gasteiger partial charge >= 0.3 is 0 Å². The molecule has 0 aliphatic carbocycles. The van der Waals surface area contributed by atoms with Crippen LogP contribution in [-0.2, 0) is 16.1 Å². The van der Waals surface area contributed by atoms with Crippen molar-refractivity contribution in [1.29, 1.82) is 0 Å². The van der Waals surface area contributed by atoms with Gasteiger partial charge in [0.2, 0.25) is 11.8 Å². The Morgan fingerprint density at radius 2 is 1.71 bits per heavy atom. The summed E-state index contributed by atoms with van der Waals surface area (Å²) in [6.45, 7) is 8.91. The molecule has 0 spiro atoms. The lowest BCUT2D eigenvalue weighted by Gasteiger charge is -2.27. The Bertz CT molecular complexity index is 1380. The molecule has 1 aromatic carbocycles. The fraction of sp³-hybridized carbons (Fsp3) is 0.406. The van der Waals surface area contributed by atoms with Crippen molar-refractivity contribution in [2.75, 3.05) is 56.7 Å². The number of carbonyl (C=O) groups excluding carboxylic acids is 3. The minimum Gasteiger partial charge on any atom is -0.493 e. The molecule has 1 aliphatic rings. The Morgan fingerprint density at radius 1 is 0.952 bits per heavy atom. The molecular weight excluding hydrogens is 532 g/mol. The zero-order valence-corrected chi connectivity index (χ0v) is 25.1. The summed E-state index contributed by atoms with van der Waals surface area (Å²) in [5.41, 5.74) is 1.91. The number of hydrogen-bond donors (Lipinski definition) is 0. The molecule has 0 bridgehead atoms. The van der Waals surface area contributed by atoms with Gasteiger partial charge in [-0.2, -0.15) is 0 Å². The van der Waals surface area contributed by atoms with E-state index in [4.69, 9.17) is 4.74 Å². The van der Waals surface area contributed by atoms with E-state index in [1.807, 2.05) is 37.3 Å². The Kier molecular flexibility index (Phi) is 9.90. The zero-order valence-electron chi connectivity index (χ0n) is 25.1. The van der Waals surface area contributed by atoms with Crippen LogP contribution in [0.4, 0.5) is 11.4 Å². The molecule has 3 amide bonds. The molecule has 0 radical (unpaired) electrons. The van der Waals surface area contributed by atoms with Gasteiger partial charge in [-0.15, -0.1) is 0 Å². The second-order valence-electron chi connectivity index (χ2n) is 11.0. The lowest BCUT2D eigenvalue weighted by Crippen LogP contribution is -2.47. The number of pyridine rings is 2. The first kappa shape index (κ1) is 30.6. The van der Waals surface area contributed by atoms with Crippen molar-refractivity contribution in [2.24, 2.45) is 5.41 Å². The lowest BCUT2D eigenvalue weighted by atomic mass is 9.90. The maximum atomic E-state index is 13.1. The summed E-state index contributed by atoms with van der Waals surface area (Å²) in [6, 6.07) is 13.0. The molecule has 0 saturated carbocycles. The van der Waals surface area contributed by atoms with Crippen molar-refractivity contribution in [2.45, 2.75) is 33.7 Å². The topological polar surface area (TPSA) is 99.2 Å². The quantitative estimate of drug-likeness (QED) is 0.240. The van der Waals surface area contributed by atoms with Gasteiger partial charge in [-0.25, -0.2) is 0 Å². The fourth-order valence-electron chi connectivity index (χ4n) is 5.07. The van der Waals surface area contributed by atoms with E-state index in [0.717, 1.165) is 25.1 Å². The SMILES string of the molecule is CCN1C(=O)C(C)(C)C(=O)N(C)c2cc(OCCCN(CCN(C)C(=O)c3cccnc3)Cc3ccncc3)ccc21. The van der Waals surface area contributed by atoms with Crippen molar-refractivity contribution in [3.05, 3.63) is 78.4 Å². The molecule has 0 fully saturated rings. The molecular formula is C32H40N6O4. The predicted octanol–water partition coefficient (Wildman–Crippen LogP) is 3.88. The smallest absolute Gasteiger partial charge is 0.255 e. The van der Waals surface area contributed by atoms with Gasteiger partial charge in [0.1, 0.15) is 11.2 Å². The third-order valence-electron chi connectivity index (χ3n) is 7.58. The number of amides is 3. The Labute approximate surface area is 247 Å². The molecule has 4 rings (SSSR count). The van der Waals surface area contributed by atoms with E-state index in [1.54, 1.807) is 79.6 Å². The summed E-state index contributed by atoms with van der Waals surface area (Å²) < 4.78 is 6.12. The van der Waals surface area contributed by atoms with Crippen molar-refractivity contribution in [3.63, 3.8) is 0 Å². The van der Waals surface area contributed by atoms with Crippen LogP contribution in [0.15, 0.2) is 67.3 Å². The molecule has 1 aliphatic heterocycles. The first-order chi connectivity index (χ1) is 20.1. The average Bonchev–Trinajstić information content (AvgIpc) is 3.06. The first-order valence-corrected chi connectivity index (χ1v) is 14.3. The van der Waals surface area contributed by atoms with Gasteiger partial charge in [0.25, 0.3) is 5.91 Å². The highest BCUT2D eigenvalue weighted by Gasteiger charge is 2.45. The standard InChI is InChI=1S/C32H40N6O4/c1-6-38-27-11-10-26(21-28(27)36(5)30(40)32(2,3)31(38)41)42-20-8-17-37(23-24-12-15-33-16-13-24)19-18-35(4)29(39)25-9-7-14-34-22-25/h7,9-16,21-22H,6,8,17-20,23H2,1-5H3. The van der Waals surface area contributed by atoms with Crippen LogP contribution >= 0.6 is 0 Å². The maximum absolute atomic E-state index is 13.1. The number of benzene rings is 1. The van der Waals surface area contributed by atoms with Gasteiger partial charge in [0, 0.05) is 77.7 Å². The molecule has 10 heteroatoms. The number of hydrogen-bond acceptors (Lipinski definition) is 7. The van der Waals surface area contributed by atoms with Crippen LogP contribution in [0.2, 0.25) is 0 Å². The van der Waals surface area contributed by atoms with Gasteiger partial charge in [-0.1, -0.05) is 0 Å². The van der Waals surface area contributed by atoms with Crippen molar-refractivity contribution in [1.82, 2.24) is 19.8 Å². The second-order valence-corrected chi connectivity index (χ2v) is 11.0. The lowest BCUT2D eigenvalue weighted by molar-refractivity contribution is -0.137. The normalized spacial score (nSPS) is 14.5. The van der Waals surface area contributed by atoms with Gasteiger partial charge < -0.3 is 19.4 Å². The van der Waals surface area contributed by atoms with E-state index in [2.05, 4.69) is 14.9 Å². The number of fused-ring (bicyclic) bond motifs is 1. The highest BCUT2D eigenvalue weighted by Crippen LogP contribution is 2.40. The number of rotatable bonds is 12. The molecule has 3 aromatic rings. The summed E-state index contributed by atoms with van der Waals surface area (Å²) in [5.74, 6) is 0.115. The summed E-state index contributed by atoms with van der Waals surface area (Å²) in [7, 11) is 3.50. The summed E-state index contributed by atoms with van der Waals surface area (Å²) in [4.78, 5) is 54.4.